The monoisotopic (exact) mass is 1220 g/mol. The molecule has 3 aromatic heterocycles. The quantitative estimate of drug-likeness (QED) is 0.0805. The van der Waals surface area contributed by atoms with Crippen molar-refractivity contribution in [2.24, 2.45) is 0 Å². The number of anilines is 3. The number of nitrogens with zero attached hydrogens (tertiary/aromatic N) is 6. The van der Waals surface area contributed by atoms with Gasteiger partial charge in [-0.25, -0.2) is 0 Å². The molecular weight excluding hydrogens is 1150 g/mol. The summed E-state index contributed by atoms with van der Waals surface area (Å²) in [5.74, 6) is 0. The number of aromatic nitrogens is 3. The molecule has 0 aliphatic carbocycles. The molecule has 0 spiro atoms. The maximum atomic E-state index is 8.55. The van der Waals surface area contributed by atoms with Crippen LogP contribution < -0.4 is 43.1 Å². The van der Waals surface area contributed by atoms with E-state index in [0.717, 1.165) is 0 Å². The van der Waals surface area contributed by atoms with Crippen LogP contribution in [0.5, 0.6) is 0 Å². The molecule has 0 saturated carbocycles. The summed E-state index contributed by atoms with van der Waals surface area (Å²) in [5.41, 5.74) is 22.0. The molecular formula is C81H69N6O4P. The van der Waals surface area contributed by atoms with Gasteiger partial charge in [-0.2, -0.15) is 21.5 Å². The highest BCUT2D eigenvalue weighted by Crippen LogP contribution is 2.39. The third-order valence-corrected chi connectivity index (χ3v) is 16.5. The van der Waals surface area contributed by atoms with E-state index < -0.39 is 7.82 Å². The van der Waals surface area contributed by atoms with Crippen molar-refractivity contribution in [1.82, 2.24) is 0 Å². The summed E-state index contributed by atoms with van der Waals surface area (Å²) >= 11 is 0. The zero-order valence-corrected chi connectivity index (χ0v) is 53.1. The molecule has 0 amide bonds. The van der Waals surface area contributed by atoms with Gasteiger partial charge in [-0.05, 0) is 89.5 Å². The summed E-state index contributed by atoms with van der Waals surface area (Å²) < 4.78 is 15.6. The van der Waals surface area contributed by atoms with Crippen molar-refractivity contribution in [3.63, 3.8) is 0 Å². The van der Waals surface area contributed by atoms with Gasteiger partial charge >= 0.3 is 0 Å². The van der Waals surface area contributed by atoms with E-state index in [-0.39, 0.29) is 0 Å². The topological polar surface area (TPSA) is 108 Å². The van der Waals surface area contributed by atoms with Gasteiger partial charge in [-0.1, -0.05) is 164 Å². The molecule has 0 aliphatic rings. The minimum absolute atomic E-state index is 1.18. The van der Waals surface area contributed by atoms with Crippen molar-refractivity contribution >= 4 is 90.3 Å². The van der Waals surface area contributed by atoms with Gasteiger partial charge in [0.2, 0.25) is 50.2 Å². The van der Waals surface area contributed by atoms with Crippen LogP contribution in [0, 0.1) is 0 Å². The molecule has 0 unspecified atom stereocenters. The van der Waals surface area contributed by atoms with Crippen LogP contribution in [0.2, 0.25) is 0 Å². The van der Waals surface area contributed by atoms with Gasteiger partial charge in [0.05, 0.1) is 32.3 Å². The molecule has 3 heterocycles. The predicted octanol–water partition coefficient (Wildman–Crippen LogP) is 15.2. The molecule has 0 aliphatic heterocycles. The third-order valence-electron chi connectivity index (χ3n) is 16.5. The highest BCUT2D eigenvalue weighted by molar-refractivity contribution is 7.40. The number of pyridine rings is 3. The highest BCUT2D eigenvalue weighted by Gasteiger charge is 2.26. The minimum atomic E-state index is -5.39. The zero-order chi connectivity index (χ0) is 63.9. The Balaban J connectivity index is 0.000000128. The predicted molar refractivity (Wildman–Crippen MR) is 376 cm³/mol. The van der Waals surface area contributed by atoms with E-state index in [1.807, 2.05) is 0 Å². The van der Waals surface area contributed by atoms with E-state index in [1.54, 1.807) is 0 Å². The van der Waals surface area contributed by atoms with Gasteiger partial charge in [0.25, 0.3) is 0 Å². The Morgan fingerprint density at radius 3 is 0.576 bits per heavy atom. The molecule has 0 atom stereocenters. The maximum absolute atomic E-state index is 8.55. The fraction of sp³-hybridized carbons (Fsp3) is 0.0741. The first kappa shape index (κ1) is 61.4. The van der Waals surface area contributed by atoms with Crippen molar-refractivity contribution in [2.75, 3.05) is 57.0 Å². The van der Waals surface area contributed by atoms with Crippen LogP contribution in [-0.4, -0.2) is 42.3 Å². The van der Waals surface area contributed by atoms with Gasteiger partial charge in [0.1, 0.15) is 0 Å². The van der Waals surface area contributed by atoms with E-state index in [4.69, 9.17) is 19.2 Å². The molecule has 452 valence electrons. The molecule has 15 aromatic rings. The second-order valence-corrected chi connectivity index (χ2v) is 23.9. The average molecular weight is 1220 g/mol. The van der Waals surface area contributed by atoms with Crippen molar-refractivity contribution in [2.45, 2.75) is 0 Å². The third kappa shape index (κ3) is 13.0. The Hall–Kier alpha value is -10.8. The van der Waals surface area contributed by atoms with E-state index >= 15 is 0 Å². The van der Waals surface area contributed by atoms with Gasteiger partial charge in [0.15, 0.2) is 0 Å². The standard InChI is InChI=1S/3C27H23N2.H3O4P/c3*1-28(2)21-18-16-20(17-19-21)27-23-12-6-8-14-25(23)29(22-10-4-3-5-11-22)26-15-9-7-13-24(26)27;1-5(2,3)4/h3*3-19H,1-2H3;(H3,1,2,3,4)/q3*+1;/p-3. The van der Waals surface area contributed by atoms with Crippen LogP contribution in [0.15, 0.2) is 309 Å². The lowest BCUT2D eigenvalue weighted by Gasteiger charge is -2.36. The number of hydrogen-bond donors (Lipinski definition) is 0. The summed E-state index contributed by atoms with van der Waals surface area (Å²) in [6.07, 6.45) is 0. The summed E-state index contributed by atoms with van der Waals surface area (Å²) in [4.78, 5) is 32.0. The lowest BCUT2D eigenvalue weighted by molar-refractivity contribution is -0.538. The van der Waals surface area contributed by atoms with Crippen molar-refractivity contribution < 1.29 is 32.9 Å². The number of para-hydroxylation sites is 9. The van der Waals surface area contributed by atoms with Crippen molar-refractivity contribution in [1.29, 1.82) is 0 Å². The molecule has 15 rings (SSSR count). The summed E-state index contributed by atoms with van der Waals surface area (Å²) in [6, 6.07) is 111. The Labute approximate surface area is 537 Å². The smallest absolute Gasteiger partial charge is 0.219 e. The number of benzene rings is 12. The first-order valence-electron chi connectivity index (χ1n) is 30.5. The van der Waals surface area contributed by atoms with E-state index in [2.05, 4.69) is 380 Å². The molecule has 0 fully saturated rings. The second-order valence-electron chi connectivity index (χ2n) is 23.0. The minimum Gasteiger partial charge on any atom is -0.822 e. The van der Waals surface area contributed by atoms with Gasteiger partial charge in [-0.15, -0.1) is 0 Å². The van der Waals surface area contributed by atoms with Gasteiger partial charge < -0.3 is 33.9 Å². The first-order valence-corrected chi connectivity index (χ1v) is 32.0. The Morgan fingerprint density at radius 1 is 0.239 bits per heavy atom. The summed E-state index contributed by atoms with van der Waals surface area (Å²) in [7, 11) is 7.06. The maximum Gasteiger partial charge on any atom is 0.219 e. The van der Waals surface area contributed by atoms with Gasteiger partial charge in [-0.3, -0.25) is 0 Å². The molecule has 11 heteroatoms. The summed E-state index contributed by atoms with van der Waals surface area (Å²) in [5, 5.41) is 7.54. The first-order chi connectivity index (χ1) is 44.7. The van der Waals surface area contributed by atoms with E-state index in [1.165, 1.54) is 133 Å². The molecule has 10 nitrogen and oxygen atoms in total. The normalized spacial score (nSPS) is 11.1. The fourth-order valence-electron chi connectivity index (χ4n) is 12.4. The Bertz CT molecular complexity index is 4450. The average Bonchev–Trinajstić information content (AvgIpc) is 0.768. The van der Waals surface area contributed by atoms with Crippen molar-refractivity contribution in [3.05, 3.63) is 309 Å². The molecule has 0 saturated heterocycles. The van der Waals surface area contributed by atoms with Crippen LogP contribution in [0.3, 0.4) is 0 Å². The second kappa shape index (κ2) is 27.1. The number of fused-ring (bicyclic) bond motifs is 6. The van der Waals surface area contributed by atoms with Gasteiger partial charge in [0, 0.05) is 149 Å². The SMILES string of the molecule is CN(C)c1ccc(-c2c3ccccc3[n+](-c3ccccc3)c3ccccc23)cc1.CN(C)c1ccc(-c2c3ccccc3[n+](-c3ccccc3)c3ccccc23)cc1.CN(C)c1ccc(-c2c3ccccc3[n+](-c3ccccc3)c3ccccc23)cc1.O=P([O-])([O-])[O-]. The highest BCUT2D eigenvalue weighted by atomic mass is 31.2. The lowest BCUT2D eigenvalue weighted by atomic mass is 9.95. The molecule has 92 heavy (non-hydrogen) atoms. The Kier molecular flexibility index (Phi) is 18.1. The largest absolute Gasteiger partial charge is 0.822 e. The number of hydrogen-bond acceptors (Lipinski definition) is 7. The molecule has 0 bridgehead atoms. The summed E-state index contributed by atoms with van der Waals surface area (Å²) in [6.45, 7) is 0. The number of phosphoric acid groups is 1. The molecule has 12 aromatic carbocycles. The van der Waals surface area contributed by atoms with Crippen LogP contribution in [0.25, 0.3) is 116 Å². The van der Waals surface area contributed by atoms with E-state index in [9.17, 15) is 0 Å². The molecule has 0 N–H and O–H groups in total. The van der Waals surface area contributed by atoms with Crippen LogP contribution in [-0.2, 0) is 4.57 Å². The zero-order valence-electron chi connectivity index (χ0n) is 52.2. The lowest BCUT2D eigenvalue weighted by Crippen LogP contribution is -2.32. The van der Waals surface area contributed by atoms with Crippen LogP contribution in [0.4, 0.5) is 17.1 Å². The molecule has 0 radical (unpaired) electrons. The Morgan fingerprint density at radius 2 is 0.402 bits per heavy atom. The van der Waals surface area contributed by atoms with E-state index in [0.29, 0.717) is 0 Å². The fourth-order valence-corrected chi connectivity index (χ4v) is 12.4. The number of rotatable bonds is 9. The van der Waals surface area contributed by atoms with Crippen LogP contribution >= 0.6 is 7.82 Å². The van der Waals surface area contributed by atoms with Crippen molar-refractivity contribution in [3.8, 4) is 50.4 Å². The van der Waals surface area contributed by atoms with Crippen LogP contribution in [0.1, 0.15) is 0 Å².